The Kier molecular flexibility index (Phi) is 3.66. The maximum atomic E-state index is 9.68. The van der Waals surface area contributed by atoms with Crippen LogP contribution in [-0.2, 0) is 4.79 Å². The first-order valence-electron chi connectivity index (χ1n) is 2.39. The van der Waals surface area contributed by atoms with Gasteiger partial charge in [-0.2, -0.15) is 0 Å². The van der Waals surface area contributed by atoms with E-state index in [9.17, 15) is 4.79 Å². The SMILES string of the molecule is C=C(N)NCCC=O. The third-order valence-corrected chi connectivity index (χ3v) is 0.614. The van der Waals surface area contributed by atoms with Crippen LogP contribution in [-0.4, -0.2) is 12.8 Å². The molecule has 46 valence electrons. The Labute approximate surface area is 48.6 Å². The molecule has 0 aromatic rings. The summed E-state index contributed by atoms with van der Waals surface area (Å²) < 4.78 is 0. The van der Waals surface area contributed by atoms with E-state index in [0.717, 1.165) is 6.29 Å². The van der Waals surface area contributed by atoms with Crippen LogP contribution in [0.5, 0.6) is 0 Å². The summed E-state index contributed by atoms with van der Waals surface area (Å²) in [7, 11) is 0. The molecule has 0 unspecified atom stereocenters. The van der Waals surface area contributed by atoms with E-state index < -0.39 is 0 Å². The summed E-state index contributed by atoms with van der Waals surface area (Å²) in [5, 5.41) is 2.70. The molecule has 0 heterocycles. The van der Waals surface area contributed by atoms with Gasteiger partial charge >= 0.3 is 0 Å². The smallest absolute Gasteiger partial charge is 0.121 e. The third-order valence-electron chi connectivity index (χ3n) is 0.614. The van der Waals surface area contributed by atoms with Crippen LogP contribution in [0.1, 0.15) is 6.42 Å². The van der Waals surface area contributed by atoms with Gasteiger partial charge in [-0.15, -0.1) is 0 Å². The number of carbonyl (C=O) groups excluding carboxylic acids is 1. The van der Waals surface area contributed by atoms with Gasteiger partial charge in [0.1, 0.15) is 6.29 Å². The zero-order valence-corrected chi connectivity index (χ0v) is 4.68. The molecule has 0 spiro atoms. The van der Waals surface area contributed by atoms with Crippen LogP contribution in [0.25, 0.3) is 0 Å². The summed E-state index contributed by atoms with van der Waals surface area (Å²) in [4.78, 5) is 9.68. The second-order valence-electron chi connectivity index (χ2n) is 1.41. The van der Waals surface area contributed by atoms with Gasteiger partial charge in [0.2, 0.25) is 0 Å². The number of nitrogens with one attached hydrogen (secondary N) is 1. The molecular weight excluding hydrogens is 104 g/mol. The molecule has 0 saturated carbocycles. The van der Waals surface area contributed by atoms with Crippen molar-refractivity contribution in [2.75, 3.05) is 6.54 Å². The normalized spacial score (nSPS) is 8.00. The minimum absolute atomic E-state index is 0.409. The molecule has 0 aromatic carbocycles. The van der Waals surface area contributed by atoms with Crippen molar-refractivity contribution in [1.82, 2.24) is 5.32 Å². The van der Waals surface area contributed by atoms with Crippen LogP contribution in [0.4, 0.5) is 0 Å². The van der Waals surface area contributed by atoms with Crippen LogP contribution in [0.2, 0.25) is 0 Å². The van der Waals surface area contributed by atoms with Crippen molar-refractivity contribution in [2.45, 2.75) is 6.42 Å². The first-order valence-corrected chi connectivity index (χ1v) is 2.39. The highest BCUT2D eigenvalue weighted by Gasteiger charge is 1.81. The van der Waals surface area contributed by atoms with Gasteiger partial charge in [0.25, 0.3) is 0 Å². The molecule has 3 nitrogen and oxygen atoms in total. The van der Waals surface area contributed by atoms with Crippen molar-refractivity contribution >= 4 is 6.29 Å². The minimum atomic E-state index is 0.409. The fraction of sp³-hybridized carbons (Fsp3) is 0.400. The van der Waals surface area contributed by atoms with Crippen molar-refractivity contribution in [3.8, 4) is 0 Å². The standard InChI is InChI=1S/C5H10N2O/c1-5(6)7-3-2-4-8/h4,7H,1-3,6H2. The number of carbonyl (C=O) groups is 1. The molecule has 3 N–H and O–H groups in total. The summed E-state index contributed by atoms with van der Waals surface area (Å²) in [5.41, 5.74) is 5.11. The number of nitrogens with two attached hydrogens (primary N) is 1. The quantitative estimate of drug-likeness (QED) is 0.386. The Morgan fingerprint density at radius 3 is 2.88 bits per heavy atom. The lowest BCUT2D eigenvalue weighted by Gasteiger charge is -1.98. The molecule has 0 rings (SSSR count). The van der Waals surface area contributed by atoms with E-state index in [1.54, 1.807) is 0 Å². The highest BCUT2D eigenvalue weighted by atomic mass is 16.1. The summed E-state index contributed by atoms with van der Waals surface area (Å²) in [6.45, 7) is 3.96. The van der Waals surface area contributed by atoms with E-state index in [1.165, 1.54) is 0 Å². The molecule has 0 radical (unpaired) electrons. The molecule has 0 aliphatic rings. The van der Waals surface area contributed by atoms with Crippen molar-refractivity contribution in [2.24, 2.45) is 5.73 Å². The van der Waals surface area contributed by atoms with E-state index in [-0.39, 0.29) is 0 Å². The molecule has 3 heteroatoms. The zero-order valence-electron chi connectivity index (χ0n) is 4.68. The summed E-state index contributed by atoms with van der Waals surface area (Å²) in [6.07, 6.45) is 1.31. The molecule has 0 aliphatic carbocycles. The summed E-state index contributed by atoms with van der Waals surface area (Å²) in [5.74, 6) is 0.409. The van der Waals surface area contributed by atoms with Gasteiger partial charge in [-0.05, 0) is 0 Å². The van der Waals surface area contributed by atoms with Gasteiger partial charge < -0.3 is 15.8 Å². The number of aldehydes is 1. The van der Waals surface area contributed by atoms with E-state index in [2.05, 4.69) is 11.9 Å². The van der Waals surface area contributed by atoms with Crippen molar-refractivity contribution in [3.05, 3.63) is 12.4 Å². The monoisotopic (exact) mass is 114 g/mol. The number of hydrogen-bond donors (Lipinski definition) is 2. The van der Waals surface area contributed by atoms with Crippen LogP contribution < -0.4 is 11.1 Å². The summed E-state index contributed by atoms with van der Waals surface area (Å²) in [6, 6.07) is 0. The Bertz CT molecular complexity index is 90.4. The zero-order chi connectivity index (χ0) is 6.41. The van der Waals surface area contributed by atoms with E-state index in [1.807, 2.05) is 0 Å². The van der Waals surface area contributed by atoms with E-state index >= 15 is 0 Å². The minimum Gasteiger partial charge on any atom is -0.386 e. The maximum Gasteiger partial charge on any atom is 0.121 e. The van der Waals surface area contributed by atoms with Gasteiger partial charge in [-0.1, -0.05) is 6.58 Å². The van der Waals surface area contributed by atoms with E-state index in [0.29, 0.717) is 18.8 Å². The predicted molar refractivity (Wildman–Crippen MR) is 32.0 cm³/mol. The van der Waals surface area contributed by atoms with Crippen molar-refractivity contribution < 1.29 is 4.79 Å². The number of rotatable bonds is 4. The number of hydrogen-bond acceptors (Lipinski definition) is 3. The lowest BCUT2D eigenvalue weighted by atomic mass is 10.5. The highest BCUT2D eigenvalue weighted by Crippen LogP contribution is 1.69. The average molecular weight is 114 g/mol. The third kappa shape index (κ3) is 5.01. The molecule has 0 bridgehead atoms. The first-order chi connectivity index (χ1) is 3.77. The van der Waals surface area contributed by atoms with Gasteiger partial charge in [0, 0.05) is 13.0 Å². The summed E-state index contributed by atoms with van der Waals surface area (Å²) >= 11 is 0. The van der Waals surface area contributed by atoms with Crippen molar-refractivity contribution in [3.63, 3.8) is 0 Å². The fourth-order valence-electron chi connectivity index (χ4n) is 0.292. The largest absolute Gasteiger partial charge is 0.386 e. The molecule has 0 saturated heterocycles. The van der Waals surface area contributed by atoms with Gasteiger partial charge in [0.05, 0.1) is 5.82 Å². The molecule has 0 aliphatic heterocycles. The lowest BCUT2D eigenvalue weighted by molar-refractivity contribution is -0.107. The average Bonchev–Trinajstić information content (AvgIpc) is 1.66. The lowest BCUT2D eigenvalue weighted by Crippen LogP contribution is -2.19. The molecule has 0 aromatic heterocycles. The van der Waals surface area contributed by atoms with Crippen LogP contribution >= 0.6 is 0 Å². The van der Waals surface area contributed by atoms with Gasteiger partial charge in [-0.25, -0.2) is 0 Å². The highest BCUT2D eigenvalue weighted by molar-refractivity contribution is 5.49. The maximum absolute atomic E-state index is 9.68. The topological polar surface area (TPSA) is 55.1 Å². The Hall–Kier alpha value is -0.990. The molecular formula is C5H10N2O. The Balaban J connectivity index is 2.93. The molecule has 8 heavy (non-hydrogen) atoms. The van der Waals surface area contributed by atoms with Gasteiger partial charge in [-0.3, -0.25) is 0 Å². The fourth-order valence-corrected chi connectivity index (χ4v) is 0.292. The Morgan fingerprint density at radius 1 is 1.88 bits per heavy atom. The predicted octanol–water partition coefficient (Wildman–Crippen LogP) is -0.405. The van der Waals surface area contributed by atoms with Gasteiger partial charge in [0.15, 0.2) is 0 Å². The van der Waals surface area contributed by atoms with E-state index in [4.69, 9.17) is 5.73 Å². The van der Waals surface area contributed by atoms with Crippen LogP contribution in [0, 0.1) is 0 Å². The van der Waals surface area contributed by atoms with Crippen molar-refractivity contribution in [1.29, 1.82) is 0 Å². The second kappa shape index (κ2) is 4.18. The molecule has 0 atom stereocenters. The van der Waals surface area contributed by atoms with Crippen LogP contribution in [0.3, 0.4) is 0 Å². The Morgan fingerprint density at radius 2 is 2.50 bits per heavy atom. The molecule has 0 fully saturated rings. The van der Waals surface area contributed by atoms with Crippen LogP contribution in [0.15, 0.2) is 12.4 Å². The first kappa shape index (κ1) is 7.01. The molecule has 0 amide bonds. The second-order valence-corrected chi connectivity index (χ2v) is 1.41.